The normalized spacial score (nSPS) is 12.1. The van der Waals surface area contributed by atoms with Gasteiger partial charge in [0.05, 0.1) is 38.0 Å². The van der Waals surface area contributed by atoms with Crippen LogP contribution in [0.2, 0.25) is 0 Å². The molecular weight excluding hydrogens is 540 g/mol. The second-order valence-electron chi connectivity index (χ2n) is 8.72. The highest BCUT2D eigenvalue weighted by molar-refractivity contribution is 5.88. The molecule has 0 spiro atoms. The number of methoxy groups -OCH3 is 2. The van der Waals surface area contributed by atoms with E-state index in [1.807, 2.05) is 0 Å². The van der Waals surface area contributed by atoms with Crippen LogP contribution in [0.3, 0.4) is 0 Å². The van der Waals surface area contributed by atoms with Gasteiger partial charge in [0.1, 0.15) is 18.1 Å². The number of aliphatic hydroxyl groups excluding tert-OH is 1. The Labute approximate surface area is 234 Å². The van der Waals surface area contributed by atoms with Gasteiger partial charge in [-0.1, -0.05) is 0 Å². The van der Waals surface area contributed by atoms with Gasteiger partial charge in [-0.15, -0.1) is 0 Å². The van der Waals surface area contributed by atoms with Crippen LogP contribution in [-0.2, 0) is 0 Å². The average molecular weight is 570 g/mol. The van der Waals surface area contributed by atoms with Crippen LogP contribution in [0.15, 0.2) is 48.8 Å². The van der Waals surface area contributed by atoms with E-state index in [0.29, 0.717) is 45.3 Å². The van der Waals surface area contributed by atoms with Crippen molar-refractivity contribution in [3.05, 3.63) is 66.0 Å². The molecular formula is C29H29F2N3O7. The number of fused-ring (bicyclic) bond motifs is 1. The zero-order valence-corrected chi connectivity index (χ0v) is 22.6. The lowest BCUT2D eigenvalue weighted by Gasteiger charge is -2.14. The number of benzene rings is 2. The van der Waals surface area contributed by atoms with Crippen LogP contribution in [0.1, 0.15) is 23.2 Å². The van der Waals surface area contributed by atoms with Crippen molar-refractivity contribution in [3.63, 3.8) is 0 Å². The molecule has 0 bridgehead atoms. The number of halogens is 2. The largest absolute Gasteiger partial charge is 0.493 e. The maximum Gasteiger partial charge on any atom is 0.216 e. The van der Waals surface area contributed by atoms with E-state index in [-0.39, 0.29) is 25.1 Å². The summed E-state index contributed by atoms with van der Waals surface area (Å²) in [7, 11) is 4.55. The van der Waals surface area contributed by atoms with Gasteiger partial charge in [-0.25, -0.2) is 13.8 Å². The Kier molecular flexibility index (Phi) is 9.69. The molecule has 4 aromatic rings. The van der Waals surface area contributed by atoms with Crippen molar-refractivity contribution in [2.24, 2.45) is 0 Å². The average Bonchev–Trinajstić information content (AvgIpc) is 3.81. The van der Waals surface area contributed by atoms with E-state index in [4.69, 9.17) is 28.8 Å². The monoisotopic (exact) mass is 569 g/mol. The number of aliphatic hydroxyl groups is 1. The first kappa shape index (κ1) is 29.3. The number of aromatic nitrogens is 2. The van der Waals surface area contributed by atoms with Gasteiger partial charge in [-0.05, 0) is 25.0 Å². The van der Waals surface area contributed by atoms with Gasteiger partial charge in [-0.2, -0.15) is 0 Å². The Hall–Kier alpha value is -4.71. The molecule has 41 heavy (non-hydrogen) atoms. The number of rotatable bonds is 11. The van der Waals surface area contributed by atoms with E-state index in [1.165, 1.54) is 32.7 Å². The summed E-state index contributed by atoms with van der Waals surface area (Å²) in [5.41, 5.74) is 1.25. The van der Waals surface area contributed by atoms with Crippen molar-refractivity contribution in [2.75, 3.05) is 39.8 Å². The lowest BCUT2D eigenvalue weighted by molar-refractivity contribution is 0.111. The lowest BCUT2D eigenvalue weighted by atomic mass is 10.1. The third kappa shape index (κ3) is 7.28. The van der Waals surface area contributed by atoms with Gasteiger partial charge < -0.3 is 34.1 Å². The highest BCUT2D eigenvalue weighted by Crippen LogP contribution is 2.38. The minimum absolute atomic E-state index is 0.0896. The number of hydrogen-bond donors (Lipinski definition) is 2. The van der Waals surface area contributed by atoms with Crippen LogP contribution >= 0.6 is 0 Å². The van der Waals surface area contributed by atoms with Gasteiger partial charge in [0.15, 0.2) is 35.2 Å². The Bertz CT molecular complexity index is 1490. The number of aldehydes is 1. The molecule has 5 rings (SSSR count). The number of carbonyl (C=O) groups excluding carboxylic acids is 1. The first-order valence-corrected chi connectivity index (χ1v) is 12.6. The number of ether oxygens (including phenoxy) is 5. The Morgan fingerprint density at radius 2 is 1.76 bits per heavy atom. The van der Waals surface area contributed by atoms with Crippen molar-refractivity contribution in [1.29, 1.82) is 0 Å². The van der Waals surface area contributed by atoms with E-state index in [2.05, 4.69) is 15.3 Å². The van der Waals surface area contributed by atoms with Gasteiger partial charge in [0.25, 0.3) is 0 Å². The summed E-state index contributed by atoms with van der Waals surface area (Å²) in [6.07, 6.45) is 6.04. The number of hydrogen-bond acceptors (Lipinski definition) is 10. The van der Waals surface area contributed by atoms with E-state index < -0.39 is 17.4 Å². The third-order valence-electron chi connectivity index (χ3n) is 5.86. The molecule has 1 saturated carbocycles. The summed E-state index contributed by atoms with van der Waals surface area (Å²) in [6.45, 7) is -0.0643. The molecule has 2 heterocycles. The predicted octanol–water partition coefficient (Wildman–Crippen LogP) is 5.17. The van der Waals surface area contributed by atoms with E-state index in [9.17, 15) is 13.6 Å². The molecule has 216 valence electrons. The first-order valence-electron chi connectivity index (χ1n) is 12.6. The van der Waals surface area contributed by atoms with Crippen LogP contribution in [-0.4, -0.2) is 61.9 Å². The predicted molar refractivity (Wildman–Crippen MR) is 147 cm³/mol. The molecule has 0 saturated heterocycles. The Morgan fingerprint density at radius 1 is 1.00 bits per heavy atom. The molecule has 0 radical (unpaired) electrons. The van der Waals surface area contributed by atoms with Crippen LogP contribution < -0.4 is 29.0 Å². The summed E-state index contributed by atoms with van der Waals surface area (Å²) in [5.74, 6) is -0.179. The first-order chi connectivity index (χ1) is 19.9. The molecule has 0 amide bonds. The highest BCUT2D eigenvalue weighted by Gasteiger charge is 2.25. The molecule has 2 aromatic carbocycles. The molecule has 10 nitrogen and oxygen atoms in total. The molecule has 0 atom stereocenters. The Morgan fingerprint density at radius 3 is 2.37 bits per heavy atom. The molecule has 1 fully saturated rings. The standard InChI is InChI=1S/C19H18F2N2O4.C10H11NO3/c1-22-11-7-13(20)19(14(21)8-11)27-16-3-4-23-15-10-18(26-6-5-24)17(25-2)9-12(15)16;1-13-10-4-9(14-8-2-3-8)7(6-12)5-11-10/h3-4,7-10,22,24H,5-6H2,1-2H3;4-6,8H,2-3H2,1H3. The topological polar surface area (TPSA) is 121 Å². The maximum atomic E-state index is 14.2. The summed E-state index contributed by atoms with van der Waals surface area (Å²) in [5, 5.41) is 12.1. The summed E-state index contributed by atoms with van der Waals surface area (Å²) < 4.78 is 55.2. The number of anilines is 1. The maximum absolute atomic E-state index is 14.2. The second kappa shape index (κ2) is 13.6. The zero-order chi connectivity index (χ0) is 29.4. The molecule has 0 unspecified atom stereocenters. The number of nitrogens with zero attached hydrogens (tertiary/aromatic N) is 2. The van der Waals surface area contributed by atoms with E-state index in [1.54, 1.807) is 25.2 Å². The number of nitrogens with one attached hydrogen (secondary N) is 1. The fourth-order valence-electron chi connectivity index (χ4n) is 3.65. The van der Waals surface area contributed by atoms with Crippen molar-refractivity contribution in [2.45, 2.75) is 18.9 Å². The highest BCUT2D eigenvalue weighted by atomic mass is 19.1. The van der Waals surface area contributed by atoms with Gasteiger partial charge in [0.2, 0.25) is 5.88 Å². The minimum Gasteiger partial charge on any atom is -0.493 e. The van der Waals surface area contributed by atoms with Crippen LogP contribution in [0.25, 0.3) is 10.9 Å². The minimum atomic E-state index is -0.834. The summed E-state index contributed by atoms with van der Waals surface area (Å²) in [4.78, 5) is 18.8. The lowest BCUT2D eigenvalue weighted by Crippen LogP contribution is -2.03. The zero-order valence-electron chi connectivity index (χ0n) is 22.6. The quantitative estimate of drug-likeness (QED) is 0.234. The SMILES string of the molecule is CNc1cc(F)c(Oc2ccnc3cc(OCCO)c(OC)cc23)c(F)c1.COc1cc(OC2CC2)c(C=O)cn1. The second-order valence-corrected chi connectivity index (χ2v) is 8.72. The van der Waals surface area contributed by atoms with Gasteiger partial charge in [0, 0.05) is 54.8 Å². The van der Waals surface area contributed by atoms with Gasteiger partial charge in [-0.3, -0.25) is 9.78 Å². The van der Waals surface area contributed by atoms with Crippen molar-refractivity contribution in [3.8, 4) is 34.6 Å². The fraction of sp³-hybridized carbons (Fsp3) is 0.276. The number of carbonyl (C=O) groups is 1. The molecule has 2 aromatic heterocycles. The smallest absolute Gasteiger partial charge is 0.216 e. The Balaban J connectivity index is 0.000000231. The summed E-state index contributed by atoms with van der Waals surface area (Å²) in [6, 6.07) is 8.63. The third-order valence-corrected chi connectivity index (χ3v) is 5.86. The fourth-order valence-corrected chi connectivity index (χ4v) is 3.65. The van der Waals surface area contributed by atoms with E-state index >= 15 is 0 Å². The van der Waals surface area contributed by atoms with Crippen molar-refractivity contribution < 1.29 is 42.4 Å². The molecule has 2 N–H and O–H groups in total. The van der Waals surface area contributed by atoms with Crippen molar-refractivity contribution in [1.82, 2.24) is 9.97 Å². The van der Waals surface area contributed by atoms with Crippen LogP contribution in [0, 0.1) is 11.6 Å². The molecule has 1 aliphatic rings. The number of pyridine rings is 2. The van der Waals surface area contributed by atoms with Crippen LogP contribution in [0.4, 0.5) is 14.5 Å². The molecule has 0 aliphatic heterocycles. The van der Waals surface area contributed by atoms with Crippen molar-refractivity contribution >= 4 is 22.9 Å². The molecule has 1 aliphatic carbocycles. The summed E-state index contributed by atoms with van der Waals surface area (Å²) >= 11 is 0. The van der Waals surface area contributed by atoms with Gasteiger partial charge >= 0.3 is 0 Å². The van der Waals surface area contributed by atoms with E-state index in [0.717, 1.165) is 31.3 Å². The van der Waals surface area contributed by atoms with Crippen LogP contribution in [0.5, 0.6) is 34.6 Å². The molecule has 12 heteroatoms.